The molecule has 1 aliphatic carbocycles. The molecule has 15 heavy (non-hydrogen) atoms. The van der Waals surface area contributed by atoms with Crippen molar-refractivity contribution in [2.45, 2.75) is 49.7 Å². The second-order valence-corrected chi connectivity index (χ2v) is 6.60. The molecule has 1 aromatic heterocycles. The summed E-state index contributed by atoms with van der Waals surface area (Å²) in [4.78, 5) is 5.62. The molecule has 0 aliphatic heterocycles. The Hall–Kier alpha value is -0.0600. The van der Waals surface area contributed by atoms with Gasteiger partial charge in [-0.25, -0.2) is 4.98 Å². The lowest BCUT2D eigenvalue weighted by molar-refractivity contribution is 0.835. The number of thioether (sulfide) groups is 1. The summed E-state index contributed by atoms with van der Waals surface area (Å²) in [6.07, 6.45) is 7.56. The highest BCUT2D eigenvalue weighted by Crippen LogP contribution is 2.32. The zero-order valence-electron chi connectivity index (χ0n) is 9.11. The summed E-state index contributed by atoms with van der Waals surface area (Å²) < 4.78 is 0. The molecule has 0 amide bonds. The molecule has 0 spiro atoms. The number of nitrogens with zero attached hydrogens (tertiary/aromatic N) is 1. The highest BCUT2D eigenvalue weighted by Gasteiger charge is 2.16. The van der Waals surface area contributed by atoms with Crippen molar-refractivity contribution in [2.75, 3.05) is 0 Å². The Labute approximate surface area is 99.7 Å². The highest BCUT2D eigenvalue weighted by atomic mass is 32.2. The van der Waals surface area contributed by atoms with Gasteiger partial charge >= 0.3 is 0 Å². The largest absolute Gasteiger partial charge is 0.323 e. The van der Waals surface area contributed by atoms with E-state index in [9.17, 15) is 0 Å². The van der Waals surface area contributed by atoms with Gasteiger partial charge < -0.3 is 5.73 Å². The first-order valence-corrected chi connectivity index (χ1v) is 7.44. The van der Waals surface area contributed by atoms with Gasteiger partial charge in [0.25, 0.3) is 0 Å². The third kappa shape index (κ3) is 3.20. The zero-order chi connectivity index (χ0) is 10.7. The van der Waals surface area contributed by atoms with Crippen molar-refractivity contribution in [3.8, 4) is 0 Å². The van der Waals surface area contributed by atoms with Gasteiger partial charge in [-0.2, -0.15) is 11.8 Å². The van der Waals surface area contributed by atoms with Crippen molar-refractivity contribution in [3.05, 3.63) is 16.1 Å². The third-order valence-corrected chi connectivity index (χ3v) is 5.53. The fraction of sp³-hybridized carbons (Fsp3) is 0.727. The summed E-state index contributed by atoms with van der Waals surface area (Å²) in [5, 5.41) is 2.12. The van der Waals surface area contributed by atoms with E-state index in [4.69, 9.17) is 5.73 Å². The van der Waals surface area contributed by atoms with Gasteiger partial charge in [-0.05, 0) is 19.8 Å². The number of hydrogen-bond acceptors (Lipinski definition) is 4. The van der Waals surface area contributed by atoms with Crippen LogP contribution in [0.1, 0.15) is 48.5 Å². The van der Waals surface area contributed by atoms with Crippen LogP contribution in [0.3, 0.4) is 0 Å². The van der Waals surface area contributed by atoms with Crippen molar-refractivity contribution in [1.29, 1.82) is 0 Å². The van der Waals surface area contributed by atoms with Crippen LogP contribution in [-0.2, 0) is 5.75 Å². The van der Waals surface area contributed by atoms with Crippen molar-refractivity contribution in [2.24, 2.45) is 5.73 Å². The first-order chi connectivity index (χ1) is 7.25. The molecule has 2 rings (SSSR count). The fourth-order valence-corrected chi connectivity index (χ4v) is 4.07. The SMILES string of the molecule is CC(N)c1cnc(CSC2CCCC2)s1. The minimum absolute atomic E-state index is 0.132. The minimum Gasteiger partial charge on any atom is -0.323 e. The second kappa shape index (κ2) is 5.32. The Balaban J connectivity index is 1.82. The topological polar surface area (TPSA) is 38.9 Å². The Morgan fingerprint density at radius 3 is 2.93 bits per heavy atom. The van der Waals surface area contributed by atoms with Gasteiger partial charge in [0, 0.05) is 28.1 Å². The first kappa shape index (κ1) is 11.4. The third-order valence-electron chi connectivity index (χ3n) is 2.76. The number of hydrogen-bond donors (Lipinski definition) is 1. The average Bonchev–Trinajstić information content (AvgIpc) is 2.86. The lowest BCUT2D eigenvalue weighted by Crippen LogP contribution is -2.01. The Bertz CT molecular complexity index is 303. The van der Waals surface area contributed by atoms with Crippen LogP contribution in [-0.4, -0.2) is 10.2 Å². The van der Waals surface area contributed by atoms with E-state index in [-0.39, 0.29) is 6.04 Å². The van der Waals surface area contributed by atoms with E-state index >= 15 is 0 Å². The van der Waals surface area contributed by atoms with Crippen LogP contribution < -0.4 is 5.73 Å². The quantitative estimate of drug-likeness (QED) is 0.880. The molecule has 2 N–H and O–H groups in total. The smallest absolute Gasteiger partial charge is 0.103 e. The van der Waals surface area contributed by atoms with Gasteiger partial charge in [0.2, 0.25) is 0 Å². The van der Waals surface area contributed by atoms with Crippen molar-refractivity contribution >= 4 is 23.1 Å². The maximum atomic E-state index is 5.81. The molecule has 1 atom stereocenters. The summed E-state index contributed by atoms with van der Waals surface area (Å²) in [5.74, 6) is 1.07. The number of aromatic nitrogens is 1. The van der Waals surface area contributed by atoms with Gasteiger partial charge in [0.05, 0.1) is 0 Å². The summed E-state index contributed by atoms with van der Waals surface area (Å²) in [5.41, 5.74) is 5.81. The lowest BCUT2D eigenvalue weighted by Gasteiger charge is -2.05. The molecule has 1 aliphatic rings. The molecular weight excluding hydrogens is 224 g/mol. The molecule has 4 heteroatoms. The number of rotatable bonds is 4. The van der Waals surface area contributed by atoms with Gasteiger partial charge in [-0.15, -0.1) is 11.3 Å². The van der Waals surface area contributed by atoms with Gasteiger partial charge in [-0.1, -0.05) is 12.8 Å². The molecule has 0 aromatic carbocycles. The monoisotopic (exact) mass is 242 g/mol. The van der Waals surface area contributed by atoms with Gasteiger partial charge in [-0.3, -0.25) is 0 Å². The Kier molecular flexibility index (Phi) is 4.05. The van der Waals surface area contributed by atoms with E-state index in [0.29, 0.717) is 0 Å². The van der Waals surface area contributed by atoms with Gasteiger partial charge in [0.15, 0.2) is 0 Å². The summed E-state index contributed by atoms with van der Waals surface area (Å²) in [6.45, 7) is 2.02. The van der Waals surface area contributed by atoms with Crippen LogP contribution in [0.2, 0.25) is 0 Å². The van der Waals surface area contributed by atoms with E-state index in [2.05, 4.69) is 16.7 Å². The van der Waals surface area contributed by atoms with Crippen molar-refractivity contribution in [3.63, 3.8) is 0 Å². The van der Waals surface area contributed by atoms with E-state index in [1.165, 1.54) is 35.6 Å². The molecule has 1 heterocycles. The van der Waals surface area contributed by atoms with Crippen LogP contribution in [0.4, 0.5) is 0 Å². The maximum Gasteiger partial charge on any atom is 0.103 e. The van der Waals surface area contributed by atoms with Crippen LogP contribution in [0, 0.1) is 0 Å². The number of thiazole rings is 1. The summed E-state index contributed by atoms with van der Waals surface area (Å²) >= 11 is 3.84. The second-order valence-electron chi connectivity index (χ2n) is 4.16. The normalized spacial score (nSPS) is 19.6. The Morgan fingerprint density at radius 2 is 2.33 bits per heavy atom. The van der Waals surface area contributed by atoms with E-state index < -0.39 is 0 Å². The predicted octanol–water partition coefficient (Wildman–Crippen LogP) is 3.34. The molecule has 0 radical (unpaired) electrons. The predicted molar refractivity (Wildman–Crippen MR) is 68.3 cm³/mol. The van der Waals surface area contributed by atoms with Crippen molar-refractivity contribution in [1.82, 2.24) is 4.98 Å². The minimum atomic E-state index is 0.132. The maximum absolute atomic E-state index is 5.81. The lowest BCUT2D eigenvalue weighted by atomic mass is 10.3. The van der Waals surface area contributed by atoms with E-state index in [1.54, 1.807) is 11.3 Å². The molecule has 1 saturated carbocycles. The number of nitrogens with two attached hydrogens (primary N) is 1. The van der Waals surface area contributed by atoms with Crippen LogP contribution in [0.5, 0.6) is 0 Å². The zero-order valence-corrected chi connectivity index (χ0v) is 10.7. The average molecular weight is 242 g/mol. The molecule has 1 fully saturated rings. The van der Waals surface area contributed by atoms with Crippen LogP contribution >= 0.6 is 23.1 Å². The molecule has 1 unspecified atom stereocenters. The summed E-state index contributed by atoms with van der Waals surface area (Å²) in [6, 6.07) is 0.132. The molecule has 84 valence electrons. The van der Waals surface area contributed by atoms with Crippen LogP contribution in [0.15, 0.2) is 6.20 Å². The molecule has 1 aromatic rings. The molecule has 0 saturated heterocycles. The fourth-order valence-electron chi connectivity index (χ4n) is 1.85. The van der Waals surface area contributed by atoms with Crippen LogP contribution in [0.25, 0.3) is 0 Å². The van der Waals surface area contributed by atoms with E-state index in [1.807, 2.05) is 13.1 Å². The molecule has 2 nitrogen and oxygen atoms in total. The molecule has 0 bridgehead atoms. The Morgan fingerprint density at radius 1 is 1.60 bits per heavy atom. The first-order valence-electron chi connectivity index (χ1n) is 5.57. The molecular formula is C11H18N2S2. The van der Waals surface area contributed by atoms with E-state index in [0.717, 1.165) is 11.0 Å². The standard InChI is InChI=1S/C11H18N2S2/c1-8(12)10-6-13-11(15-10)7-14-9-4-2-3-5-9/h6,8-9H,2-5,7,12H2,1H3. The van der Waals surface area contributed by atoms with Gasteiger partial charge in [0.1, 0.15) is 5.01 Å². The summed E-state index contributed by atoms with van der Waals surface area (Å²) in [7, 11) is 0. The highest BCUT2D eigenvalue weighted by molar-refractivity contribution is 7.99. The van der Waals surface area contributed by atoms with Crippen molar-refractivity contribution < 1.29 is 0 Å².